The molecule has 0 fully saturated rings. The standard InChI is InChI=1S/C13H17NO5/c1-17-10-4-9(5-11(7-10)18-2)6-12(14-8-15)13(16)19-3/h4-5,7-8,12H,6H2,1-3H3,(H,14,15)/t12-/m0/s1. The zero-order chi connectivity index (χ0) is 14.3. The van der Waals surface area contributed by atoms with Gasteiger partial charge < -0.3 is 19.5 Å². The minimum Gasteiger partial charge on any atom is -0.497 e. The number of hydrogen-bond acceptors (Lipinski definition) is 5. The van der Waals surface area contributed by atoms with Crippen molar-refractivity contribution in [1.29, 1.82) is 0 Å². The molecular formula is C13H17NO5. The Morgan fingerprint density at radius 3 is 2.21 bits per heavy atom. The third-order valence-electron chi connectivity index (χ3n) is 2.61. The highest BCUT2D eigenvalue weighted by Gasteiger charge is 2.19. The van der Waals surface area contributed by atoms with Crippen LogP contribution in [0.1, 0.15) is 5.56 Å². The highest BCUT2D eigenvalue weighted by molar-refractivity contribution is 5.78. The number of rotatable bonds is 7. The van der Waals surface area contributed by atoms with Crippen molar-refractivity contribution >= 4 is 12.4 Å². The summed E-state index contributed by atoms with van der Waals surface area (Å²) in [5.41, 5.74) is 0.793. The Morgan fingerprint density at radius 2 is 1.79 bits per heavy atom. The summed E-state index contributed by atoms with van der Waals surface area (Å²) in [5, 5.41) is 2.42. The molecule has 0 radical (unpaired) electrons. The second-order valence-corrected chi connectivity index (χ2v) is 3.79. The van der Waals surface area contributed by atoms with E-state index in [1.54, 1.807) is 32.4 Å². The lowest BCUT2D eigenvalue weighted by molar-refractivity contribution is -0.144. The Hall–Kier alpha value is -2.24. The van der Waals surface area contributed by atoms with Crippen molar-refractivity contribution < 1.29 is 23.8 Å². The zero-order valence-corrected chi connectivity index (χ0v) is 11.1. The van der Waals surface area contributed by atoms with Gasteiger partial charge in [0.1, 0.15) is 17.5 Å². The number of esters is 1. The van der Waals surface area contributed by atoms with E-state index >= 15 is 0 Å². The largest absolute Gasteiger partial charge is 0.497 e. The number of methoxy groups -OCH3 is 3. The number of carbonyl (C=O) groups excluding carboxylic acids is 2. The highest BCUT2D eigenvalue weighted by Crippen LogP contribution is 2.23. The van der Waals surface area contributed by atoms with E-state index in [1.165, 1.54) is 7.11 Å². The SMILES string of the molecule is COC(=O)[C@H](Cc1cc(OC)cc(OC)c1)NC=O. The molecule has 6 heteroatoms. The lowest BCUT2D eigenvalue weighted by Gasteiger charge is -2.15. The molecule has 1 rings (SSSR count). The molecule has 0 aromatic heterocycles. The number of carbonyl (C=O) groups is 2. The fourth-order valence-electron chi connectivity index (χ4n) is 1.65. The Kier molecular flexibility index (Phi) is 5.66. The quantitative estimate of drug-likeness (QED) is 0.576. The number of ether oxygens (including phenoxy) is 3. The average Bonchev–Trinajstić information content (AvgIpc) is 2.45. The van der Waals surface area contributed by atoms with Gasteiger partial charge in [-0.15, -0.1) is 0 Å². The molecule has 1 atom stereocenters. The van der Waals surface area contributed by atoms with Crippen LogP contribution in [-0.2, 0) is 20.7 Å². The first-order chi connectivity index (χ1) is 9.14. The van der Waals surface area contributed by atoms with E-state index in [9.17, 15) is 9.59 Å². The molecule has 6 nitrogen and oxygen atoms in total. The monoisotopic (exact) mass is 267 g/mol. The third kappa shape index (κ3) is 4.17. The summed E-state index contributed by atoms with van der Waals surface area (Å²) in [6.07, 6.45) is 0.762. The summed E-state index contributed by atoms with van der Waals surface area (Å²) in [6, 6.07) is 4.53. The Labute approximate surface area is 111 Å². The third-order valence-corrected chi connectivity index (χ3v) is 2.61. The van der Waals surface area contributed by atoms with Gasteiger partial charge in [-0.25, -0.2) is 4.79 Å². The van der Waals surface area contributed by atoms with E-state index in [1.807, 2.05) is 0 Å². The summed E-state index contributed by atoms with van der Waals surface area (Å²) >= 11 is 0. The van der Waals surface area contributed by atoms with E-state index in [0.29, 0.717) is 24.3 Å². The molecule has 0 spiro atoms. The first-order valence-electron chi connectivity index (χ1n) is 5.64. The summed E-state index contributed by atoms with van der Waals surface area (Å²) in [7, 11) is 4.36. The molecule has 19 heavy (non-hydrogen) atoms. The van der Waals surface area contributed by atoms with Crippen LogP contribution in [0.4, 0.5) is 0 Å². The summed E-state index contributed by atoms with van der Waals surface area (Å²) in [5.74, 6) is 0.724. The van der Waals surface area contributed by atoms with E-state index in [-0.39, 0.29) is 0 Å². The van der Waals surface area contributed by atoms with Crippen LogP contribution in [0.2, 0.25) is 0 Å². The lowest BCUT2D eigenvalue weighted by atomic mass is 10.1. The number of nitrogens with one attached hydrogen (secondary N) is 1. The van der Waals surface area contributed by atoms with Crippen LogP contribution in [0.3, 0.4) is 0 Å². The van der Waals surface area contributed by atoms with Crippen LogP contribution in [0.25, 0.3) is 0 Å². The molecule has 0 heterocycles. The Morgan fingerprint density at radius 1 is 1.21 bits per heavy atom. The normalized spacial score (nSPS) is 11.3. The molecule has 0 bridgehead atoms. The molecule has 0 unspecified atom stereocenters. The molecular weight excluding hydrogens is 250 g/mol. The summed E-state index contributed by atoms with van der Waals surface area (Å²) < 4.78 is 14.9. The maximum atomic E-state index is 11.5. The second-order valence-electron chi connectivity index (χ2n) is 3.79. The maximum absolute atomic E-state index is 11.5. The average molecular weight is 267 g/mol. The molecule has 1 amide bonds. The number of hydrogen-bond donors (Lipinski definition) is 1. The van der Waals surface area contributed by atoms with E-state index in [4.69, 9.17) is 9.47 Å². The van der Waals surface area contributed by atoms with Gasteiger partial charge in [0.15, 0.2) is 0 Å². The highest BCUT2D eigenvalue weighted by atomic mass is 16.5. The molecule has 0 aliphatic heterocycles. The van der Waals surface area contributed by atoms with E-state index < -0.39 is 12.0 Å². The van der Waals surface area contributed by atoms with Gasteiger partial charge in [-0.2, -0.15) is 0 Å². The molecule has 0 aliphatic rings. The smallest absolute Gasteiger partial charge is 0.328 e. The minimum atomic E-state index is -0.737. The number of amides is 1. The molecule has 0 saturated carbocycles. The fraction of sp³-hybridized carbons (Fsp3) is 0.385. The van der Waals surface area contributed by atoms with E-state index in [0.717, 1.165) is 5.56 Å². The van der Waals surface area contributed by atoms with Crippen LogP contribution in [0.15, 0.2) is 18.2 Å². The van der Waals surface area contributed by atoms with Gasteiger partial charge in [0.25, 0.3) is 0 Å². The van der Waals surface area contributed by atoms with E-state index in [2.05, 4.69) is 10.1 Å². The van der Waals surface area contributed by atoms with Crippen molar-refractivity contribution in [2.24, 2.45) is 0 Å². The first kappa shape index (κ1) is 14.8. The predicted molar refractivity (Wildman–Crippen MR) is 68.3 cm³/mol. The van der Waals surface area contributed by atoms with Crippen molar-refractivity contribution in [3.05, 3.63) is 23.8 Å². The molecule has 1 N–H and O–H groups in total. The van der Waals surface area contributed by atoms with Crippen LogP contribution in [-0.4, -0.2) is 39.8 Å². The van der Waals surface area contributed by atoms with Gasteiger partial charge in [0, 0.05) is 12.5 Å². The second kappa shape index (κ2) is 7.25. The molecule has 0 saturated heterocycles. The van der Waals surface area contributed by atoms with Crippen LogP contribution in [0.5, 0.6) is 11.5 Å². The van der Waals surface area contributed by atoms with Crippen molar-refractivity contribution in [1.82, 2.24) is 5.32 Å². The van der Waals surface area contributed by atoms with Crippen molar-refractivity contribution in [3.63, 3.8) is 0 Å². The summed E-state index contributed by atoms with van der Waals surface area (Å²) in [6.45, 7) is 0. The Bertz CT molecular complexity index is 424. The van der Waals surface area contributed by atoms with Crippen LogP contribution < -0.4 is 14.8 Å². The van der Waals surface area contributed by atoms with Gasteiger partial charge in [-0.05, 0) is 17.7 Å². The molecule has 1 aromatic carbocycles. The minimum absolute atomic E-state index is 0.291. The molecule has 0 aliphatic carbocycles. The Balaban J connectivity index is 2.94. The van der Waals surface area contributed by atoms with Crippen molar-refractivity contribution in [2.75, 3.05) is 21.3 Å². The molecule has 1 aromatic rings. The first-order valence-corrected chi connectivity index (χ1v) is 5.64. The predicted octanol–water partition coefficient (Wildman–Crippen LogP) is 0.534. The number of benzene rings is 1. The topological polar surface area (TPSA) is 73.9 Å². The van der Waals surface area contributed by atoms with Gasteiger partial charge in [0.2, 0.25) is 6.41 Å². The van der Waals surface area contributed by atoms with Gasteiger partial charge in [0.05, 0.1) is 21.3 Å². The zero-order valence-electron chi connectivity index (χ0n) is 11.1. The van der Waals surface area contributed by atoms with Crippen molar-refractivity contribution in [3.8, 4) is 11.5 Å². The fourth-order valence-corrected chi connectivity index (χ4v) is 1.65. The summed E-state index contributed by atoms with van der Waals surface area (Å²) in [4.78, 5) is 22.0. The maximum Gasteiger partial charge on any atom is 0.328 e. The van der Waals surface area contributed by atoms with Crippen molar-refractivity contribution in [2.45, 2.75) is 12.5 Å². The van der Waals surface area contributed by atoms with Crippen LogP contribution >= 0.6 is 0 Å². The van der Waals surface area contributed by atoms with Gasteiger partial charge in [-0.1, -0.05) is 0 Å². The van der Waals surface area contributed by atoms with Gasteiger partial charge >= 0.3 is 5.97 Å². The lowest BCUT2D eigenvalue weighted by Crippen LogP contribution is -2.38. The van der Waals surface area contributed by atoms with Crippen LogP contribution in [0, 0.1) is 0 Å². The van der Waals surface area contributed by atoms with Gasteiger partial charge in [-0.3, -0.25) is 4.79 Å². The molecule has 104 valence electrons.